The Labute approximate surface area is 193 Å². The van der Waals surface area contributed by atoms with E-state index in [1.165, 1.54) is 12.1 Å². The molecule has 176 valence electrons. The van der Waals surface area contributed by atoms with Gasteiger partial charge in [-0.05, 0) is 61.9 Å². The molecule has 0 spiro atoms. The van der Waals surface area contributed by atoms with Gasteiger partial charge in [-0.1, -0.05) is 36.4 Å². The molecule has 1 unspecified atom stereocenters. The molecule has 0 aromatic heterocycles. The smallest absolute Gasteiger partial charge is 0.408 e. The highest BCUT2D eigenvalue weighted by Gasteiger charge is 2.41. The third kappa shape index (κ3) is 5.41. The topological polar surface area (TPSA) is 58.6 Å². The van der Waals surface area contributed by atoms with E-state index in [0.717, 1.165) is 11.1 Å². The highest BCUT2D eigenvalue weighted by molar-refractivity contribution is 5.86. The van der Waals surface area contributed by atoms with Crippen molar-refractivity contribution in [2.24, 2.45) is 5.92 Å². The molecular formula is C26H30F2N2O3. The average Bonchev–Trinajstić information content (AvgIpc) is 3.04. The summed E-state index contributed by atoms with van der Waals surface area (Å²) in [5.41, 5.74) is 2.08. The van der Waals surface area contributed by atoms with Crippen LogP contribution in [0, 0.1) is 11.7 Å². The zero-order chi connectivity index (χ0) is 23.8. The van der Waals surface area contributed by atoms with Crippen molar-refractivity contribution in [3.8, 4) is 0 Å². The Morgan fingerprint density at radius 1 is 1.12 bits per heavy atom. The Morgan fingerprint density at radius 3 is 2.42 bits per heavy atom. The van der Waals surface area contributed by atoms with Crippen LogP contribution in [-0.2, 0) is 16.0 Å². The lowest BCUT2D eigenvalue weighted by molar-refractivity contribution is -0.129. The molecule has 5 nitrogen and oxygen atoms in total. The van der Waals surface area contributed by atoms with E-state index >= 15 is 0 Å². The van der Waals surface area contributed by atoms with Crippen molar-refractivity contribution in [3.05, 3.63) is 71.0 Å². The highest BCUT2D eigenvalue weighted by atomic mass is 19.1. The predicted octanol–water partition coefficient (Wildman–Crippen LogP) is 4.92. The van der Waals surface area contributed by atoms with E-state index in [9.17, 15) is 18.4 Å². The zero-order valence-corrected chi connectivity index (χ0v) is 19.2. The fourth-order valence-electron chi connectivity index (χ4n) is 4.78. The van der Waals surface area contributed by atoms with Gasteiger partial charge in [-0.25, -0.2) is 13.6 Å². The van der Waals surface area contributed by atoms with Crippen LogP contribution in [0.5, 0.6) is 0 Å². The van der Waals surface area contributed by atoms with Gasteiger partial charge in [0.2, 0.25) is 0 Å². The minimum absolute atomic E-state index is 0.0673. The maximum absolute atomic E-state index is 13.6. The third-order valence-corrected chi connectivity index (χ3v) is 6.20. The molecule has 0 saturated carbocycles. The van der Waals surface area contributed by atoms with E-state index in [1.807, 2.05) is 24.3 Å². The largest absolute Gasteiger partial charge is 0.444 e. The van der Waals surface area contributed by atoms with Gasteiger partial charge in [0.05, 0.1) is 12.1 Å². The number of carbonyl (C=O) groups is 2. The standard InChI is InChI=1S/C26H30F2N2O3/c1-26(2,3)33-25(32)29-23-18(12-17-6-4-5-7-21(17)23)13-22(31)24(30-14-20(28)15-30)16-8-10-19(27)11-9-16/h4-11,18,20,23-24H,12-15H2,1-3H3,(H,29,32)/t18-,23-,24?/m1/s1. The summed E-state index contributed by atoms with van der Waals surface area (Å²) in [7, 11) is 0. The molecular weight excluding hydrogens is 426 g/mol. The molecule has 1 heterocycles. The van der Waals surface area contributed by atoms with Gasteiger partial charge in [0.15, 0.2) is 5.78 Å². The second kappa shape index (κ2) is 9.21. The van der Waals surface area contributed by atoms with Crippen molar-refractivity contribution in [3.63, 3.8) is 0 Å². The van der Waals surface area contributed by atoms with Crippen LogP contribution in [0.25, 0.3) is 0 Å². The quantitative estimate of drug-likeness (QED) is 0.671. The summed E-state index contributed by atoms with van der Waals surface area (Å²) >= 11 is 0. The van der Waals surface area contributed by atoms with E-state index in [2.05, 4.69) is 5.32 Å². The number of amides is 1. The van der Waals surface area contributed by atoms with Gasteiger partial charge in [-0.3, -0.25) is 9.69 Å². The second-order valence-electron chi connectivity index (χ2n) is 9.96. The first-order valence-corrected chi connectivity index (χ1v) is 11.3. The Morgan fingerprint density at radius 2 is 1.79 bits per heavy atom. The predicted molar refractivity (Wildman–Crippen MR) is 121 cm³/mol. The van der Waals surface area contributed by atoms with Gasteiger partial charge in [-0.15, -0.1) is 0 Å². The van der Waals surface area contributed by atoms with Crippen LogP contribution in [-0.4, -0.2) is 41.6 Å². The molecule has 2 aliphatic rings. The normalized spacial score (nSPS) is 21.7. The molecule has 0 radical (unpaired) electrons. The summed E-state index contributed by atoms with van der Waals surface area (Å²) < 4.78 is 32.5. The van der Waals surface area contributed by atoms with Gasteiger partial charge in [-0.2, -0.15) is 0 Å². The number of likely N-dealkylation sites (tertiary alicyclic amines) is 1. The summed E-state index contributed by atoms with van der Waals surface area (Å²) in [6, 6.07) is 12.6. The van der Waals surface area contributed by atoms with Gasteiger partial charge >= 0.3 is 6.09 Å². The Kier molecular flexibility index (Phi) is 6.52. The van der Waals surface area contributed by atoms with E-state index < -0.39 is 23.9 Å². The van der Waals surface area contributed by atoms with E-state index in [4.69, 9.17) is 4.74 Å². The van der Waals surface area contributed by atoms with Crippen molar-refractivity contribution in [2.45, 2.75) is 57.5 Å². The number of alkyl carbamates (subject to hydrolysis) is 1. The molecule has 33 heavy (non-hydrogen) atoms. The maximum atomic E-state index is 13.6. The lowest BCUT2D eigenvalue weighted by atomic mass is 9.88. The monoisotopic (exact) mass is 456 g/mol. The number of benzene rings is 2. The fourth-order valence-corrected chi connectivity index (χ4v) is 4.78. The minimum Gasteiger partial charge on any atom is -0.444 e. The van der Waals surface area contributed by atoms with Gasteiger partial charge in [0, 0.05) is 19.5 Å². The molecule has 1 N–H and O–H groups in total. The van der Waals surface area contributed by atoms with Crippen LogP contribution in [0.1, 0.15) is 56.0 Å². The molecule has 4 rings (SSSR count). The third-order valence-electron chi connectivity index (χ3n) is 6.20. The van der Waals surface area contributed by atoms with Crippen LogP contribution in [0.4, 0.5) is 13.6 Å². The number of Topliss-reactive ketones (excluding diaryl/α,β-unsaturated/α-hetero) is 1. The van der Waals surface area contributed by atoms with Gasteiger partial charge in [0.1, 0.15) is 17.6 Å². The molecule has 1 amide bonds. The molecule has 2 aromatic carbocycles. The fraction of sp³-hybridized carbons (Fsp3) is 0.462. The number of carbonyl (C=O) groups excluding carboxylic acids is 2. The second-order valence-corrected chi connectivity index (χ2v) is 9.96. The van der Waals surface area contributed by atoms with Crippen LogP contribution in [0.3, 0.4) is 0 Å². The van der Waals surface area contributed by atoms with E-state index in [-0.39, 0.29) is 43.1 Å². The number of fused-ring (bicyclic) bond motifs is 1. The Balaban J connectivity index is 1.55. The lowest BCUT2D eigenvalue weighted by Gasteiger charge is -2.40. The number of nitrogens with zero attached hydrogens (tertiary/aromatic N) is 1. The van der Waals surface area contributed by atoms with Crippen molar-refractivity contribution >= 4 is 11.9 Å². The first-order chi connectivity index (χ1) is 15.6. The Bertz CT molecular complexity index is 1010. The number of hydrogen-bond donors (Lipinski definition) is 1. The van der Waals surface area contributed by atoms with Crippen molar-refractivity contribution in [1.82, 2.24) is 10.2 Å². The van der Waals surface area contributed by atoms with Crippen molar-refractivity contribution < 1.29 is 23.1 Å². The molecule has 3 atom stereocenters. The van der Waals surface area contributed by atoms with Gasteiger partial charge in [0.25, 0.3) is 0 Å². The molecule has 1 aliphatic carbocycles. The van der Waals surface area contributed by atoms with Crippen LogP contribution >= 0.6 is 0 Å². The summed E-state index contributed by atoms with van der Waals surface area (Å²) in [5, 5.41) is 2.96. The SMILES string of the molecule is CC(C)(C)OC(=O)N[C@H]1c2ccccc2C[C@@H]1CC(=O)C(c1ccc(F)cc1)N1CC(F)C1. The first-order valence-electron chi connectivity index (χ1n) is 11.3. The van der Waals surface area contributed by atoms with Crippen molar-refractivity contribution in [2.75, 3.05) is 13.1 Å². The lowest BCUT2D eigenvalue weighted by Crippen LogP contribution is -2.52. The number of ketones is 1. The molecule has 1 saturated heterocycles. The highest BCUT2D eigenvalue weighted by Crippen LogP contribution is 2.40. The molecule has 0 bridgehead atoms. The number of alkyl halides is 1. The van der Waals surface area contributed by atoms with Crippen LogP contribution in [0.15, 0.2) is 48.5 Å². The number of nitrogens with one attached hydrogen (secondary N) is 1. The summed E-state index contributed by atoms with van der Waals surface area (Å²) in [6.07, 6.45) is -0.646. The van der Waals surface area contributed by atoms with Crippen molar-refractivity contribution in [1.29, 1.82) is 0 Å². The number of hydrogen-bond acceptors (Lipinski definition) is 4. The molecule has 7 heteroatoms. The maximum Gasteiger partial charge on any atom is 0.408 e. The average molecular weight is 457 g/mol. The van der Waals surface area contributed by atoms with Gasteiger partial charge < -0.3 is 10.1 Å². The number of rotatable bonds is 6. The summed E-state index contributed by atoms with van der Waals surface area (Å²) in [6.45, 7) is 5.76. The minimum atomic E-state index is -0.960. The van der Waals surface area contributed by atoms with E-state index in [1.54, 1.807) is 37.8 Å². The Hall–Kier alpha value is -2.80. The first kappa shape index (κ1) is 23.4. The zero-order valence-electron chi connectivity index (χ0n) is 19.2. The molecule has 1 fully saturated rings. The summed E-state index contributed by atoms with van der Waals surface area (Å²) in [5.74, 6) is -0.611. The van der Waals surface area contributed by atoms with Crippen LogP contribution < -0.4 is 5.32 Å². The summed E-state index contributed by atoms with van der Waals surface area (Å²) in [4.78, 5) is 27.9. The molecule has 1 aliphatic heterocycles. The number of halogens is 2. The van der Waals surface area contributed by atoms with E-state index in [0.29, 0.717) is 12.0 Å². The molecule has 2 aromatic rings. The van der Waals surface area contributed by atoms with Crippen LogP contribution in [0.2, 0.25) is 0 Å². The number of ether oxygens (including phenoxy) is 1.